The van der Waals surface area contributed by atoms with E-state index < -0.39 is 17.5 Å². The number of carbonyl (C=O) groups is 1. The molecule has 0 atom stereocenters. The Labute approximate surface area is 95.8 Å². The van der Waals surface area contributed by atoms with Crippen LogP contribution < -0.4 is 0 Å². The first-order chi connectivity index (χ1) is 6.78. The van der Waals surface area contributed by atoms with Crippen molar-refractivity contribution in [2.24, 2.45) is 0 Å². The number of hydrogen-bond acceptors (Lipinski definition) is 3. The number of rotatable bonds is 1. The van der Waals surface area contributed by atoms with Crippen molar-refractivity contribution in [2.45, 2.75) is 26.4 Å². The smallest absolute Gasteiger partial charge is 0.338 e. The molecule has 0 aliphatic carbocycles. The van der Waals surface area contributed by atoms with Gasteiger partial charge in [0.2, 0.25) is 5.95 Å². The fourth-order valence-electron chi connectivity index (χ4n) is 0.920. The van der Waals surface area contributed by atoms with E-state index in [-0.39, 0.29) is 10.2 Å². The van der Waals surface area contributed by atoms with Gasteiger partial charge in [-0.25, -0.2) is 9.78 Å². The number of pyridine rings is 1. The minimum atomic E-state index is -0.717. The van der Waals surface area contributed by atoms with E-state index in [2.05, 4.69) is 20.9 Å². The Bertz CT molecular complexity index is 367. The summed E-state index contributed by atoms with van der Waals surface area (Å²) >= 11 is 3.00. The molecule has 0 aromatic carbocycles. The van der Waals surface area contributed by atoms with Gasteiger partial charge in [-0.2, -0.15) is 4.39 Å². The molecular formula is C10H11BrFNO2. The molecule has 3 nitrogen and oxygen atoms in total. The summed E-state index contributed by atoms with van der Waals surface area (Å²) in [5.74, 6) is -1.28. The Morgan fingerprint density at radius 2 is 2.07 bits per heavy atom. The Balaban J connectivity index is 2.92. The lowest BCUT2D eigenvalue weighted by Crippen LogP contribution is -2.24. The van der Waals surface area contributed by atoms with Gasteiger partial charge < -0.3 is 4.74 Å². The fraction of sp³-hybridized carbons (Fsp3) is 0.400. The van der Waals surface area contributed by atoms with E-state index in [1.54, 1.807) is 20.8 Å². The van der Waals surface area contributed by atoms with Gasteiger partial charge in [0.1, 0.15) is 10.2 Å². The molecule has 1 aromatic heterocycles. The van der Waals surface area contributed by atoms with Crippen LogP contribution in [0.3, 0.4) is 0 Å². The highest BCUT2D eigenvalue weighted by molar-refractivity contribution is 9.10. The van der Waals surface area contributed by atoms with Crippen molar-refractivity contribution in [3.05, 3.63) is 28.2 Å². The van der Waals surface area contributed by atoms with Crippen molar-refractivity contribution in [3.8, 4) is 0 Å². The molecule has 82 valence electrons. The van der Waals surface area contributed by atoms with Crippen LogP contribution in [0.4, 0.5) is 4.39 Å². The Morgan fingerprint density at radius 1 is 1.47 bits per heavy atom. The number of aromatic nitrogens is 1. The summed E-state index contributed by atoms with van der Waals surface area (Å²) in [5.41, 5.74) is -0.451. The average molecular weight is 276 g/mol. The second-order valence-electron chi connectivity index (χ2n) is 4.00. The molecular weight excluding hydrogens is 265 g/mol. The maximum Gasteiger partial charge on any atom is 0.338 e. The summed E-state index contributed by atoms with van der Waals surface area (Å²) in [6.07, 6.45) is 0. The highest BCUT2D eigenvalue weighted by Gasteiger charge is 2.18. The van der Waals surface area contributed by atoms with Crippen molar-refractivity contribution in [1.29, 1.82) is 0 Å². The second kappa shape index (κ2) is 4.26. The third kappa shape index (κ3) is 3.95. The van der Waals surface area contributed by atoms with Crippen LogP contribution in [0, 0.1) is 5.95 Å². The number of carbonyl (C=O) groups excluding carboxylic acids is 1. The topological polar surface area (TPSA) is 39.2 Å². The van der Waals surface area contributed by atoms with Gasteiger partial charge in [0, 0.05) is 6.07 Å². The third-order valence-corrected chi connectivity index (χ3v) is 1.80. The third-order valence-electron chi connectivity index (χ3n) is 1.40. The molecule has 0 fully saturated rings. The van der Waals surface area contributed by atoms with E-state index >= 15 is 0 Å². The molecule has 1 aromatic rings. The monoisotopic (exact) mass is 275 g/mol. The van der Waals surface area contributed by atoms with E-state index in [9.17, 15) is 9.18 Å². The van der Waals surface area contributed by atoms with Crippen molar-refractivity contribution < 1.29 is 13.9 Å². The molecule has 0 spiro atoms. The molecule has 0 unspecified atom stereocenters. The van der Waals surface area contributed by atoms with Gasteiger partial charge in [-0.15, -0.1) is 0 Å². The quantitative estimate of drug-likeness (QED) is 0.584. The minimum Gasteiger partial charge on any atom is -0.456 e. The van der Waals surface area contributed by atoms with Gasteiger partial charge in [-0.05, 0) is 42.8 Å². The van der Waals surface area contributed by atoms with Crippen LogP contribution in [0.5, 0.6) is 0 Å². The molecule has 0 saturated heterocycles. The van der Waals surface area contributed by atoms with Crippen LogP contribution in [0.15, 0.2) is 16.7 Å². The van der Waals surface area contributed by atoms with E-state index in [4.69, 9.17) is 4.74 Å². The summed E-state index contributed by atoms with van der Waals surface area (Å²) in [6, 6.07) is 2.45. The molecule has 0 amide bonds. The maximum atomic E-state index is 12.9. The Hall–Kier alpha value is -0.970. The SMILES string of the molecule is CC(C)(C)OC(=O)c1cc(F)nc(Br)c1. The predicted octanol–water partition coefficient (Wildman–Crippen LogP) is 2.94. The lowest BCUT2D eigenvalue weighted by atomic mass is 10.2. The number of halogens is 2. The van der Waals surface area contributed by atoms with Gasteiger partial charge in [0.05, 0.1) is 5.56 Å². The maximum absolute atomic E-state index is 12.9. The Kier molecular flexibility index (Phi) is 3.44. The molecule has 0 aliphatic heterocycles. The van der Waals surface area contributed by atoms with Gasteiger partial charge in [0.15, 0.2) is 0 Å². The number of ether oxygens (including phenoxy) is 1. The lowest BCUT2D eigenvalue weighted by Gasteiger charge is -2.19. The van der Waals surface area contributed by atoms with Crippen molar-refractivity contribution in [2.75, 3.05) is 0 Å². The van der Waals surface area contributed by atoms with Crippen LogP contribution >= 0.6 is 15.9 Å². The molecule has 0 bridgehead atoms. The van der Waals surface area contributed by atoms with Crippen molar-refractivity contribution in [1.82, 2.24) is 4.98 Å². The minimum absolute atomic E-state index is 0.143. The molecule has 1 heterocycles. The van der Waals surface area contributed by atoms with Crippen LogP contribution in [0.2, 0.25) is 0 Å². The summed E-state index contributed by atoms with van der Waals surface area (Å²) in [4.78, 5) is 15.0. The molecule has 5 heteroatoms. The van der Waals surface area contributed by atoms with Gasteiger partial charge in [-0.3, -0.25) is 0 Å². The average Bonchev–Trinajstić information content (AvgIpc) is 1.98. The summed E-state index contributed by atoms with van der Waals surface area (Å²) < 4.78 is 18.2. The number of hydrogen-bond donors (Lipinski definition) is 0. The molecule has 1 rings (SSSR count). The molecule has 0 radical (unpaired) electrons. The van der Waals surface area contributed by atoms with Crippen molar-refractivity contribution >= 4 is 21.9 Å². The van der Waals surface area contributed by atoms with E-state index in [0.717, 1.165) is 6.07 Å². The van der Waals surface area contributed by atoms with Gasteiger partial charge in [0.25, 0.3) is 0 Å². The van der Waals surface area contributed by atoms with Gasteiger partial charge >= 0.3 is 5.97 Å². The van der Waals surface area contributed by atoms with Crippen molar-refractivity contribution in [3.63, 3.8) is 0 Å². The second-order valence-corrected chi connectivity index (χ2v) is 4.82. The first-order valence-electron chi connectivity index (χ1n) is 4.34. The molecule has 15 heavy (non-hydrogen) atoms. The lowest BCUT2D eigenvalue weighted by molar-refractivity contribution is 0.00687. The van der Waals surface area contributed by atoms with E-state index in [1.165, 1.54) is 6.07 Å². The first-order valence-corrected chi connectivity index (χ1v) is 5.14. The van der Waals surface area contributed by atoms with Crippen LogP contribution in [0.1, 0.15) is 31.1 Å². The summed E-state index contributed by atoms with van der Waals surface area (Å²) in [5, 5.41) is 0. The van der Waals surface area contributed by atoms with Crippen LogP contribution in [0.25, 0.3) is 0 Å². The van der Waals surface area contributed by atoms with E-state index in [0.29, 0.717) is 0 Å². The predicted molar refractivity (Wildman–Crippen MR) is 57.1 cm³/mol. The molecule has 0 aliphatic rings. The standard InChI is InChI=1S/C10H11BrFNO2/c1-10(2,3)15-9(14)6-4-7(11)13-8(12)5-6/h4-5H,1-3H3. The normalized spacial score (nSPS) is 11.3. The molecule has 0 saturated carbocycles. The van der Waals surface area contributed by atoms with E-state index in [1.807, 2.05) is 0 Å². The Morgan fingerprint density at radius 3 is 2.53 bits per heavy atom. The highest BCUT2D eigenvalue weighted by atomic mass is 79.9. The molecule has 0 N–H and O–H groups in total. The summed E-state index contributed by atoms with van der Waals surface area (Å²) in [7, 11) is 0. The van der Waals surface area contributed by atoms with Crippen LogP contribution in [-0.4, -0.2) is 16.6 Å². The van der Waals surface area contributed by atoms with Crippen LogP contribution in [-0.2, 0) is 4.74 Å². The van der Waals surface area contributed by atoms with Gasteiger partial charge in [-0.1, -0.05) is 0 Å². The number of nitrogens with zero attached hydrogens (tertiary/aromatic N) is 1. The fourth-order valence-corrected chi connectivity index (χ4v) is 1.34. The first kappa shape index (κ1) is 12.1. The zero-order chi connectivity index (χ0) is 11.6. The highest BCUT2D eigenvalue weighted by Crippen LogP contribution is 2.15. The zero-order valence-electron chi connectivity index (χ0n) is 8.67. The zero-order valence-corrected chi connectivity index (χ0v) is 10.3. The summed E-state index contributed by atoms with van der Waals surface area (Å²) in [6.45, 7) is 5.24. The largest absolute Gasteiger partial charge is 0.456 e. The number of esters is 1.